The van der Waals surface area contributed by atoms with Crippen molar-refractivity contribution in [2.75, 3.05) is 19.0 Å². The van der Waals surface area contributed by atoms with E-state index in [-0.39, 0.29) is 5.91 Å². The van der Waals surface area contributed by atoms with Crippen LogP contribution in [-0.2, 0) is 11.2 Å². The quantitative estimate of drug-likeness (QED) is 0.814. The maximum atomic E-state index is 11.2. The Morgan fingerprint density at radius 3 is 3.00 bits per heavy atom. The second-order valence-corrected chi connectivity index (χ2v) is 4.18. The number of carbonyl (C=O) groups excluding carboxylic acids is 1. The van der Waals surface area contributed by atoms with Gasteiger partial charge in [0.1, 0.15) is 5.75 Å². The van der Waals surface area contributed by atoms with Gasteiger partial charge in [-0.1, -0.05) is 28.1 Å². The molecule has 0 aliphatic carbocycles. The Labute approximate surface area is 104 Å². The molecule has 0 heterocycles. The Morgan fingerprint density at radius 2 is 2.31 bits per heavy atom. The SMILES string of the molecule is COc1cccc(CCNC(=O)CCBr)c1. The largest absolute Gasteiger partial charge is 0.497 e. The average Bonchev–Trinajstić information content (AvgIpc) is 2.30. The predicted octanol–water partition coefficient (Wildman–Crippen LogP) is 2.14. The van der Waals surface area contributed by atoms with Crippen molar-refractivity contribution in [2.24, 2.45) is 0 Å². The van der Waals surface area contributed by atoms with Gasteiger partial charge >= 0.3 is 0 Å². The third-order valence-electron chi connectivity index (χ3n) is 2.19. The van der Waals surface area contributed by atoms with Crippen LogP contribution >= 0.6 is 15.9 Å². The van der Waals surface area contributed by atoms with Crippen LogP contribution in [0.5, 0.6) is 5.75 Å². The van der Waals surface area contributed by atoms with Crippen LogP contribution in [0.15, 0.2) is 24.3 Å². The number of halogens is 1. The van der Waals surface area contributed by atoms with Crippen molar-refractivity contribution < 1.29 is 9.53 Å². The first kappa shape index (κ1) is 13.0. The maximum Gasteiger partial charge on any atom is 0.220 e. The fourth-order valence-electron chi connectivity index (χ4n) is 1.35. The molecule has 0 spiro atoms. The maximum absolute atomic E-state index is 11.2. The van der Waals surface area contributed by atoms with Crippen LogP contribution in [0.1, 0.15) is 12.0 Å². The van der Waals surface area contributed by atoms with Crippen molar-refractivity contribution in [1.82, 2.24) is 5.32 Å². The van der Waals surface area contributed by atoms with Gasteiger partial charge in [-0.3, -0.25) is 4.79 Å². The number of benzene rings is 1. The van der Waals surface area contributed by atoms with E-state index in [1.807, 2.05) is 24.3 Å². The molecule has 1 aromatic carbocycles. The van der Waals surface area contributed by atoms with E-state index in [0.29, 0.717) is 18.3 Å². The summed E-state index contributed by atoms with van der Waals surface area (Å²) >= 11 is 3.23. The van der Waals surface area contributed by atoms with Gasteiger partial charge in [0.15, 0.2) is 0 Å². The standard InChI is InChI=1S/C12H16BrNO2/c1-16-11-4-2-3-10(9-11)6-8-14-12(15)5-7-13/h2-4,9H,5-8H2,1H3,(H,14,15). The average molecular weight is 286 g/mol. The first-order valence-electron chi connectivity index (χ1n) is 5.22. The molecule has 0 saturated heterocycles. The molecule has 1 N–H and O–H groups in total. The highest BCUT2D eigenvalue weighted by Gasteiger charge is 2.00. The Bertz CT molecular complexity index is 342. The fourth-order valence-corrected chi connectivity index (χ4v) is 1.71. The van der Waals surface area contributed by atoms with Crippen LogP contribution in [-0.4, -0.2) is 24.9 Å². The summed E-state index contributed by atoms with van der Waals surface area (Å²) in [5, 5.41) is 3.57. The molecule has 88 valence electrons. The number of methoxy groups -OCH3 is 1. The molecule has 0 unspecified atom stereocenters. The third-order valence-corrected chi connectivity index (χ3v) is 2.59. The molecule has 0 aromatic heterocycles. The van der Waals surface area contributed by atoms with E-state index in [9.17, 15) is 4.79 Å². The molecule has 16 heavy (non-hydrogen) atoms. The molecule has 3 nitrogen and oxygen atoms in total. The molecule has 1 rings (SSSR count). The fraction of sp³-hybridized carbons (Fsp3) is 0.417. The highest BCUT2D eigenvalue weighted by molar-refractivity contribution is 9.09. The summed E-state index contributed by atoms with van der Waals surface area (Å²) in [6, 6.07) is 7.87. The predicted molar refractivity (Wildman–Crippen MR) is 68.1 cm³/mol. The molecule has 0 aliphatic heterocycles. The smallest absolute Gasteiger partial charge is 0.220 e. The molecular weight excluding hydrogens is 270 g/mol. The van der Waals surface area contributed by atoms with Crippen molar-refractivity contribution >= 4 is 21.8 Å². The van der Waals surface area contributed by atoms with E-state index in [4.69, 9.17) is 4.74 Å². The summed E-state index contributed by atoms with van der Waals surface area (Å²) in [4.78, 5) is 11.2. The van der Waals surface area contributed by atoms with Gasteiger partial charge in [0.05, 0.1) is 7.11 Å². The second kappa shape index (κ2) is 7.28. The van der Waals surface area contributed by atoms with E-state index in [2.05, 4.69) is 21.2 Å². The highest BCUT2D eigenvalue weighted by Crippen LogP contribution is 2.12. The summed E-state index contributed by atoms with van der Waals surface area (Å²) in [5.41, 5.74) is 1.17. The van der Waals surface area contributed by atoms with E-state index in [1.54, 1.807) is 7.11 Å². The lowest BCUT2D eigenvalue weighted by atomic mass is 10.1. The van der Waals surface area contributed by atoms with Gasteiger partial charge in [-0.25, -0.2) is 0 Å². The molecule has 0 radical (unpaired) electrons. The van der Waals surface area contributed by atoms with Crippen molar-refractivity contribution in [2.45, 2.75) is 12.8 Å². The molecule has 1 amide bonds. The second-order valence-electron chi connectivity index (χ2n) is 3.39. The van der Waals surface area contributed by atoms with Crippen molar-refractivity contribution in [3.05, 3.63) is 29.8 Å². The lowest BCUT2D eigenvalue weighted by Crippen LogP contribution is -2.25. The van der Waals surface area contributed by atoms with Crippen molar-refractivity contribution in [3.8, 4) is 5.75 Å². The first-order chi connectivity index (χ1) is 7.76. The van der Waals surface area contributed by atoms with Crippen LogP contribution in [0, 0.1) is 0 Å². The van der Waals surface area contributed by atoms with Crippen LogP contribution < -0.4 is 10.1 Å². The van der Waals surface area contributed by atoms with Crippen molar-refractivity contribution in [1.29, 1.82) is 0 Å². The summed E-state index contributed by atoms with van der Waals surface area (Å²) in [5.74, 6) is 0.934. The van der Waals surface area contributed by atoms with Gasteiger partial charge in [0.25, 0.3) is 0 Å². The topological polar surface area (TPSA) is 38.3 Å². The number of amides is 1. The summed E-state index contributed by atoms with van der Waals surface area (Å²) in [6.45, 7) is 0.666. The van der Waals surface area contributed by atoms with Crippen LogP contribution in [0.4, 0.5) is 0 Å². The third kappa shape index (κ3) is 4.66. The van der Waals surface area contributed by atoms with Crippen molar-refractivity contribution in [3.63, 3.8) is 0 Å². The molecule has 0 bridgehead atoms. The van der Waals surface area contributed by atoms with E-state index < -0.39 is 0 Å². The first-order valence-corrected chi connectivity index (χ1v) is 6.34. The molecule has 0 saturated carbocycles. The summed E-state index contributed by atoms with van der Waals surface area (Å²) in [6.07, 6.45) is 1.35. The lowest BCUT2D eigenvalue weighted by molar-refractivity contribution is -0.120. The van der Waals surface area contributed by atoms with Gasteiger partial charge in [0, 0.05) is 18.3 Å². The normalized spacial score (nSPS) is 9.88. The monoisotopic (exact) mass is 285 g/mol. The number of nitrogens with one attached hydrogen (secondary N) is 1. The number of rotatable bonds is 6. The molecular formula is C12H16BrNO2. The Balaban J connectivity index is 2.34. The Kier molecular flexibility index (Phi) is 5.93. The summed E-state index contributed by atoms with van der Waals surface area (Å²) < 4.78 is 5.13. The number of hydrogen-bond acceptors (Lipinski definition) is 2. The van der Waals surface area contributed by atoms with Crippen LogP contribution in [0.3, 0.4) is 0 Å². The zero-order valence-electron chi connectivity index (χ0n) is 9.33. The van der Waals surface area contributed by atoms with Gasteiger partial charge in [0.2, 0.25) is 5.91 Å². The molecule has 0 fully saturated rings. The van der Waals surface area contributed by atoms with Gasteiger partial charge < -0.3 is 10.1 Å². The van der Waals surface area contributed by atoms with E-state index in [1.165, 1.54) is 5.56 Å². The van der Waals surface area contributed by atoms with Crippen LogP contribution in [0.25, 0.3) is 0 Å². The van der Waals surface area contributed by atoms with E-state index >= 15 is 0 Å². The minimum Gasteiger partial charge on any atom is -0.497 e. The van der Waals surface area contributed by atoms with E-state index in [0.717, 1.165) is 12.2 Å². The zero-order chi connectivity index (χ0) is 11.8. The van der Waals surface area contributed by atoms with Crippen LogP contribution in [0.2, 0.25) is 0 Å². The number of alkyl halides is 1. The number of carbonyl (C=O) groups is 1. The highest BCUT2D eigenvalue weighted by atomic mass is 79.9. The lowest BCUT2D eigenvalue weighted by Gasteiger charge is -2.05. The summed E-state index contributed by atoms with van der Waals surface area (Å²) in [7, 11) is 1.65. The Hall–Kier alpha value is -1.03. The molecule has 0 atom stereocenters. The molecule has 1 aromatic rings. The van der Waals surface area contributed by atoms with Gasteiger partial charge in [-0.2, -0.15) is 0 Å². The molecule has 4 heteroatoms. The zero-order valence-corrected chi connectivity index (χ0v) is 10.9. The van der Waals surface area contributed by atoms with Gasteiger partial charge in [-0.15, -0.1) is 0 Å². The number of hydrogen-bond donors (Lipinski definition) is 1. The minimum absolute atomic E-state index is 0.0831. The van der Waals surface area contributed by atoms with Gasteiger partial charge in [-0.05, 0) is 24.1 Å². The minimum atomic E-state index is 0.0831. The molecule has 0 aliphatic rings. The number of ether oxygens (including phenoxy) is 1. The Morgan fingerprint density at radius 1 is 1.50 bits per heavy atom.